The highest BCUT2D eigenvalue weighted by atomic mass is 16.4. The van der Waals surface area contributed by atoms with Gasteiger partial charge in [0.1, 0.15) is 0 Å². The molecule has 1 aromatic heterocycles. The number of carbonyl (C=O) groups is 2. The molecular weight excluding hydrogens is 296 g/mol. The number of amides is 1. The van der Waals surface area contributed by atoms with Gasteiger partial charge < -0.3 is 19.3 Å². The van der Waals surface area contributed by atoms with Crippen molar-refractivity contribution in [2.24, 2.45) is 0 Å². The zero-order chi connectivity index (χ0) is 16.2. The molecule has 120 valence electrons. The van der Waals surface area contributed by atoms with Crippen molar-refractivity contribution in [2.45, 2.75) is 6.42 Å². The number of benzene rings is 1. The summed E-state index contributed by atoms with van der Waals surface area (Å²) >= 11 is 0. The molecular formula is C17H18N2O4. The van der Waals surface area contributed by atoms with Crippen LogP contribution in [0.5, 0.6) is 0 Å². The molecule has 0 aliphatic carbocycles. The molecule has 6 heteroatoms. The summed E-state index contributed by atoms with van der Waals surface area (Å²) in [5, 5.41) is 8.89. The van der Waals surface area contributed by atoms with E-state index in [4.69, 9.17) is 9.52 Å². The van der Waals surface area contributed by atoms with E-state index in [-0.39, 0.29) is 12.3 Å². The molecule has 1 aliphatic heterocycles. The summed E-state index contributed by atoms with van der Waals surface area (Å²) < 4.78 is 5.15. The van der Waals surface area contributed by atoms with Gasteiger partial charge in [-0.15, -0.1) is 0 Å². The minimum Gasteiger partial charge on any atom is -0.481 e. The van der Waals surface area contributed by atoms with Crippen LogP contribution in [-0.4, -0.2) is 48.1 Å². The summed E-state index contributed by atoms with van der Waals surface area (Å²) in [5.74, 6) is -0.563. The molecule has 2 aromatic rings. The fourth-order valence-electron chi connectivity index (χ4n) is 2.76. The molecule has 2 heterocycles. The molecule has 0 saturated carbocycles. The minimum atomic E-state index is -0.837. The molecule has 0 spiro atoms. The lowest BCUT2D eigenvalue weighted by Crippen LogP contribution is -2.48. The summed E-state index contributed by atoms with van der Waals surface area (Å²) in [6.07, 6.45) is 1.52. The molecule has 0 radical (unpaired) electrons. The number of carbonyl (C=O) groups excluding carboxylic acids is 1. The average Bonchev–Trinajstić information content (AvgIpc) is 3.08. The number of carboxylic acid groups (broad SMARTS) is 1. The van der Waals surface area contributed by atoms with Gasteiger partial charge >= 0.3 is 5.97 Å². The predicted octanol–water partition coefficient (Wildman–Crippen LogP) is 1.87. The Hall–Kier alpha value is -2.76. The second-order valence-electron chi connectivity index (χ2n) is 5.50. The van der Waals surface area contributed by atoms with Gasteiger partial charge in [0, 0.05) is 31.9 Å². The smallest absolute Gasteiger partial charge is 0.307 e. The third-order valence-corrected chi connectivity index (χ3v) is 3.93. The summed E-state index contributed by atoms with van der Waals surface area (Å²) in [7, 11) is 0. The van der Waals surface area contributed by atoms with E-state index >= 15 is 0 Å². The molecule has 0 bridgehead atoms. The Labute approximate surface area is 133 Å². The zero-order valence-electron chi connectivity index (χ0n) is 12.6. The van der Waals surface area contributed by atoms with Gasteiger partial charge in [-0.1, -0.05) is 12.1 Å². The average molecular weight is 314 g/mol. The fraction of sp³-hybridized carbons (Fsp3) is 0.294. The molecule has 23 heavy (non-hydrogen) atoms. The van der Waals surface area contributed by atoms with E-state index in [0.717, 1.165) is 11.3 Å². The third-order valence-electron chi connectivity index (χ3n) is 3.93. The first-order valence-electron chi connectivity index (χ1n) is 7.52. The van der Waals surface area contributed by atoms with Crippen LogP contribution in [0.15, 0.2) is 47.1 Å². The lowest BCUT2D eigenvalue weighted by atomic mass is 10.1. The first-order valence-corrected chi connectivity index (χ1v) is 7.52. The summed E-state index contributed by atoms with van der Waals surface area (Å²) in [6.45, 7) is 2.65. The normalized spacial score (nSPS) is 14.8. The van der Waals surface area contributed by atoms with Crippen molar-refractivity contribution in [3.8, 4) is 0 Å². The van der Waals surface area contributed by atoms with Gasteiger partial charge in [-0.05, 0) is 29.8 Å². The van der Waals surface area contributed by atoms with Gasteiger partial charge in [0.2, 0.25) is 0 Å². The Kier molecular flexibility index (Phi) is 4.32. The molecule has 1 N–H and O–H groups in total. The van der Waals surface area contributed by atoms with Crippen LogP contribution >= 0.6 is 0 Å². The van der Waals surface area contributed by atoms with Crippen LogP contribution in [0.2, 0.25) is 0 Å². The Morgan fingerprint density at radius 1 is 1.09 bits per heavy atom. The molecule has 3 rings (SSSR count). The molecule has 1 saturated heterocycles. The highest BCUT2D eigenvalue weighted by Crippen LogP contribution is 2.19. The summed E-state index contributed by atoms with van der Waals surface area (Å²) in [6, 6.07) is 10.9. The maximum Gasteiger partial charge on any atom is 0.307 e. The molecule has 1 aliphatic rings. The van der Waals surface area contributed by atoms with Crippen molar-refractivity contribution >= 4 is 17.6 Å². The van der Waals surface area contributed by atoms with Gasteiger partial charge in [-0.25, -0.2) is 0 Å². The van der Waals surface area contributed by atoms with E-state index in [1.54, 1.807) is 17.0 Å². The van der Waals surface area contributed by atoms with Crippen molar-refractivity contribution in [3.05, 3.63) is 54.0 Å². The minimum absolute atomic E-state index is 0.0186. The number of hydrogen-bond acceptors (Lipinski definition) is 4. The molecule has 0 atom stereocenters. The highest BCUT2D eigenvalue weighted by molar-refractivity contribution is 5.91. The lowest BCUT2D eigenvalue weighted by Gasteiger charge is -2.35. The van der Waals surface area contributed by atoms with Gasteiger partial charge in [0.15, 0.2) is 5.76 Å². The second kappa shape index (κ2) is 6.56. The summed E-state index contributed by atoms with van der Waals surface area (Å²) in [4.78, 5) is 27.0. The monoisotopic (exact) mass is 314 g/mol. The summed E-state index contributed by atoms with van der Waals surface area (Å²) in [5.41, 5.74) is 1.78. The van der Waals surface area contributed by atoms with Crippen LogP contribution in [0.3, 0.4) is 0 Å². The number of piperazine rings is 1. The molecule has 1 amide bonds. The second-order valence-corrected chi connectivity index (χ2v) is 5.50. The number of nitrogens with zero attached hydrogens (tertiary/aromatic N) is 2. The van der Waals surface area contributed by atoms with Crippen molar-refractivity contribution in [1.82, 2.24) is 4.90 Å². The number of carboxylic acids is 1. The van der Waals surface area contributed by atoms with Crippen LogP contribution in [0.1, 0.15) is 16.1 Å². The topological polar surface area (TPSA) is 74.0 Å². The van der Waals surface area contributed by atoms with E-state index in [9.17, 15) is 9.59 Å². The molecule has 1 fully saturated rings. The van der Waals surface area contributed by atoms with Gasteiger partial charge in [-0.2, -0.15) is 0 Å². The van der Waals surface area contributed by atoms with E-state index < -0.39 is 5.97 Å². The molecule has 0 unspecified atom stereocenters. The largest absolute Gasteiger partial charge is 0.481 e. The van der Waals surface area contributed by atoms with Crippen LogP contribution in [-0.2, 0) is 11.2 Å². The van der Waals surface area contributed by atoms with E-state index in [1.165, 1.54) is 6.26 Å². The highest BCUT2D eigenvalue weighted by Gasteiger charge is 2.23. The standard InChI is InChI=1S/C17H18N2O4/c20-16(21)12-13-3-1-4-14(11-13)18-6-8-19(9-7-18)17(22)15-5-2-10-23-15/h1-5,10-11H,6-9,12H2,(H,20,21). The van der Waals surface area contributed by atoms with Crippen LogP contribution in [0.4, 0.5) is 5.69 Å². The SMILES string of the molecule is O=C(O)Cc1cccc(N2CCN(C(=O)c3ccco3)CC2)c1. The quantitative estimate of drug-likeness (QED) is 0.932. The van der Waals surface area contributed by atoms with E-state index in [1.807, 2.05) is 24.3 Å². The zero-order valence-corrected chi connectivity index (χ0v) is 12.6. The Morgan fingerprint density at radius 3 is 2.52 bits per heavy atom. The van der Waals surface area contributed by atoms with Gasteiger partial charge in [0.05, 0.1) is 12.7 Å². The van der Waals surface area contributed by atoms with E-state index in [2.05, 4.69) is 4.90 Å². The number of rotatable bonds is 4. The maximum atomic E-state index is 12.2. The van der Waals surface area contributed by atoms with Crippen molar-refractivity contribution < 1.29 is 19.1 Å². The van der Waals surface area contributed by atoms with E-state index in [0.29, 0.717) is 31.9 Å². The van der Waals surface area contributed by atoms with Gasteiger partial charge in [0.25, 0.3) is 5.91 Å². The number of hydrogen-bond donors (Lipinski definition) is 1. The van der Waals surface area contributed by atoms with Crippen LogP contribution in [0.25, 0.3) is 0 Å². The Balaban J connectivity index is 1.63. The first-order chi connectivity index (χ1) is 11.1. The number of furan rings is 1. The Morgan fingerprint density at radius 2 is 1.87 bits per heavy atom. The number of aliphatic carboxylic acids is 1. The third kappa shape index (κ3) is 3.53. The van der Waals surface area contributed by atoms with Crippen molar-refractivity contribution in [1.29, 1.82) is 0 Å². The fourth-order valence-corrected chi connectivity index (χ4v) is 2.76. The van der Waals surface area contributed by atoms with Crippen LogP contribution < -0.4 is 4.90 Å². The molecule has 1 aromatic carbocycles. The Bertz CT molecular complexity index is 688. The van der Waals surface area contributed by atoms with Crippen molar-refractivity contribution in [3.63, 3.8) is 0 Å². The van der Waals surface area contributed by atoms with Crippen LogP contribution in [0, 0.1) is 0 Å². The maximum absolute atomic E-state index is 12.2. The first kappa shape index (κ1) is 15.1. The van der Waals surface area contributed by atoms with Gasteiger partial charge in [-0.3, -0.25) is 9.59 Å². The number of anilines is 1. The molecule has 6 nitrogen and oxygen atoms in total. The lowest BCUT2D eigenvalue weighted by molar-refractivity contribution is -0.136. The predicted molar refractivity (Wildman–Crippen MR) is 84.6 cm³/mol. The van der Waals surface area contributed by atoms with Crippen molar-refractivity contribution in [2.75, 3.05) is 31.1 Å².